The Morgan fingerprint density at radius 2 is 1.88 bits per heavy atom. The van der Waals surface area contributed by atoms with Gasteiger partial charge in [0.05, 0.1) is 4.90 Å². The molecule has 0 radical (unpaired) electrons. The number of rotatable bonds is 5. The van der Waals surface area contributed by atoms with Crippen LogP contribution in [0.5, 0.6) is 0 Å². The first-order chi connectivity index (χ1) is 7.43. The Balaban J connectivity index is 0.00000256. The van der Waals surface area contributed by atoms with Crippen molar-refractivity contribution in [2.45, 2.75) is 4.90 Å². The van der Waals surface area contributed by atoms with Gasteiger partial charge in [-0.3, -0.25) is 0 Å². The highest BCUT2D eigenvalue weighted by Gasteiger charge is 2.15. The van der Waals surface area contributed by atoms with Gasteiger partial charge >= 0.3 is 0 Å². The molecule has 0 aliphatic rings. The van der Waals surface area contributed by atoms with Gasteiger partial charge in [-0.05, 0) is 42.2 Å². The molecule has 0 heterocycles. The molecule has 98 valence electrons. The summed E-state index contributed by atoms with van der Waals surface area (Å²) in [7, 11) is 0.381. The van der Waals surface area contributed by atoms with E-state index in [2.05, 4.69) is 20.7 Å². The summed E-state index contributed by atoms with van der Waals surface area (Å²) in [6.45, 7) is 1.07. The highest BCUT2D eigenvalue weighted by Crippen LogP contribution is 2.20. The summed E-state index contributed by atoms with van der Waals surface area (Å²) in [5.41, 5.74) is 0. The molecule has 0 saturated carbocycles. The molecule has 0 bridgehead atoms. The molecule has 1 aromatic carbocycles. The Kier molecular flexibility index (Phi) is 7.27. The van der Waals surface area contributed by atoms with Crippen LogP contribution in [-0.4, -0.2) is 40.5 Å². The molecule has 0 spiro atoms. The Bertz CT molecular complexity index is 451. The van der Waals surface area contributed by atoms with Crippen LogP contribution in [0.1, 0.15) is 0 Å². The summed E-state index contributed by atoms with van der Waals surface area (Å²) >= 11 is 3.22. The summed E-state index contributed by atoms with van der Waals surface area (Å²) in [6, 6.07) is 6.76. The number of nitrogens with one attached hydrogen (secondary N) is 1. The molecular formula is C10H16BrClN2O2S. The largest absolute Gasteiger partial charge is 0.308 e. The quantitative estimate of drug-likeness (QED) is 0.885. The first kappa shape index (κ1) is 16.9. The van der Waals surface area contributed by atoms with E-state index in [4.69, 9.17) is 0 Å². The van der Waals surface area contributed by atoms with E-state index in [1.165, 1.54) is 0 Å². The summed E-state index contributed by atoms with van der Waals surface area (Å²) < 4.78 is 26.9. The normalized spacial score (nSPS) is 11.3. The molecule has 4 nitrogen and oxygen atoms in total. The average Bonchev–Trinajstić information content (AvgIpc) is 2.17. The number of likely N-dealkylation sites (N-methyl/N-ethyl adjacent to an activating group) is 1. The Morgan fingerprint density at radius 3 is 2.41 bits per heavy atom. The molecule has 0 aromatic heterocycles. The molecule has 0 aliphatic heterocycles. The van der Waals surface area contributed by atoms with Gasteiger partial charge in [0.15, 0.2) is 0 Å². The smallest absolute Gasteiger partial charge is 0.241 e. The van der Waals surface area contributed by atoms with Gasteiger partial charge in [-0.2, -0.15) is 0 Å². The third-order valence-electron chi connectivity index (χ3n) is 1.98. The molecule has 1 N–H and O–H groups in total. The predicted molar refractivity (Wildman–Crippen MR) is 75.1 cm³/mol. The molecule has 0 unspecified atom stereocenters. The van der Waals surface area contributed by atoms with E-state index in [0.717, 1.165) is 0 Å². The fourth-order valence-electron chi connectivity index (χ4n) is 1.14. The Labute approximate surface area is 117 Å². The van der Waals surface area contributed by atoms with Gasteiger partial charge < -0.3 is 4.90 Å². The summed E-state index contributed by atoms with van der Waals surface area (Å²) in [4.78, 5) is 2.19. The topological polar surface area (TPSA) is 49.4 Å². The third kappa shape index (κ3) is 5.35. The van der Waals surface area contributed by atoms with Gasteiger partial charge in [-0.1, -0.05) is 12.1 Å². The van der Waals surface area contributed by atoms with Gasteiger partial charge in [-0.15, -0.1) is 12.4 Å². The lowest BCUT2D eigenvalue weighted by atomic mass is 10.4. The van der Waals surface area contributed by atoms with Crippen LogP contribution in [0.2, 0.25) is 0 Å². The van der Waals surface area contributed by atoms with E-state index >= 15 is 0 Å². The molecule has 0 atom stereocenters. The Morgan fingerprint density at radius 1 is 1.29 bits per heavy atom. The van der Waals surface area contributed by atoms with Crippen LogP contribution < -0.4 is 4.72 Å². The van der Waals surface area contributed by atoms with Crippen molar-refractivity contribution in [2.24, 2.45) is 0 Å². The van der Waals surface area contributed by atoms with Gasteiger partial charge in [0, 0.05) is 17.6 Å². The minimum absolute atomic E-state index is 0. The molecule has 0 aliphatic carbocycles. The fraction of sp³-hybridized carbons (Fsp3) is 0.400. The maximum absolute atomic E-state index is 11.9. The fourth-order valence-corrected chi connectivity index (χ4v) is 3.17. The van der Waals surface area contributed by atoms with Crippen LogP contribution in [0.15, 0.2) is 33.6 Å². The molecule has 7 heteroatoms. The molecule has 17 heavy (non-hydrogen) atoms. The third-order valence-corrected chi connectivity index (χ3v) is 4.45. The van der Waals surface area contributed by atoms with Crippen LogP contribution in [0.4, 0.5) is 0 Å². The van der Waals surface area contributed by atoms with Gasteiger partial charge in [0.1, 0.15) is 0 Å². The zero-order valence-electron chi connectivity index (χ0n) is 9.68. The summed E-state index contributed by atoms with van der Waals surface area (Å²) in [5.74, 6) is 0. The molecule has 0 saturated heterocycles. The number of sulfonamides is 1. The van der Waals surface area contributed by atoms with Gasteiger partial charge in [-0.25, -0.2) is 13.1 Å². The summed E-state index contributed by atoms with van der Waals surface area (Å²) in [6.07, 6.45) is 0. The van der Waals surface area contributed by atoms with Crippen molar-refractivity contribution >= 4 is 38.4 Å². The first-order valence-electron chi connectivity index (χ1n) is 4.82. The highest BCUT2D eigenvalue weighted by atomic mass is 79.9. The van der Waals surface area contributed by atoms with Gasteiger partial charge in [0.25, 0.3) is 0 Å². The van der Waals surface area contributed by atoms with E-state index in [-0.39, 0.29) is 17.3 Å². The number of hydrogen-bond acceptors (Lipinski definition) is 3. The Hall–Kier alpha value is -0.140. The van der Waals surface area contributed by atoms with Crippen molar-refractivity contribution in [1.29, 1.82) is 0 Å². The maximum atomic E-state index is 11.9. The average molecular weight is 344 g/mol. The summed E-state index contributed by atoms with van der Waals surface area (Å²) in [5, 5.41) is 0. The minimum Gasteiger partial charge on any atom is -0.308 e. The lowest BCUT2D eigenvalue weighted by Gasteiger charge is -2.11. The molecule has 1 aromatic rings. The van der Waals surface area contributed by atoms with E-state index in [9.17, 15) is 8.42 Å². The van der Waals surface area contributed by atoms with E-state index in [1.54, 1.807) is 24.3 Å². The second-order valence-electron chi connectivity index (χ2n) is 3.63. The molecule has 1 rings (SSSR count). The zero-order valence-corrected chi connectivity index (χ0v) is 12.9. The predicted octanol–water partition coefficient (Wildman–Crippen LogP) is 1.71. The van der Waals surface area contributed by atoms with Crippen LogP contribution in [0, 0.1) is 0 Å². The monoisotopic (exact) mass is 342 g/mol. The van der Waals surface area contributed by atoms with E-state index in [1.807, 2.05) is 19.0 Å². The highest BCUT2D eigenvalue weighted by molar-refractivity contribution is 9.10. The number of nitrogens with zero attached hydrogens (tertiary/aromatic N) is 1. The van der Waals surface area contributed by atoms with Crippen LogP contribution in [-0.2, 0) is 10.0 Å². The zero-order chi connectivity index (χ0) is 12.2. The number of hydrogen-bond donors (Lipinski definition) is 1. The second kappa shape index (κ2) is 7.33. The molecule has 0 amide bonds. The second-order valence-corrected chi connectivity index (χ2v) is 6.22. The van der Waals surface area contributed by atoms with Crippen molar-refractivity contribution in [3.8, 4) is 0 Å². The van der Waals surface area contributed by atoms with Crippen molar-refractivity contribution in [3.63, 3.8) is 0 Å². The van der Waals surface area contributed by atoms with Crippen LogP contribution in [0.25, 0.3) is 0 Å². The van der Waals surface area contributed by atoms with Crippen molar-refractivity contribution in [1.82, 2.24) is 9.62 Å². The van der Waals surface area contributed by atoms with Crippen LogP contribution in [0.3, 0.4) is 0 Å². The lowest BCUT2D eigenvalue weighted by molar-refractivity contribution is 0.412. The van der Waals surface area contributed by atoms with E-state index < -0.39 is 10.0 Å². The SMILES string of the molecule is CN(C)CCNS(=O)(=O)c1ccccc1Br.Cl. The molecule has 0 fully saturated rings. The number of benzene rings is 1. The molecular weight excluding hydrogens is 328 g/mol. The van der Waals surface area contributed by atoms with Crippen molar-refractivity contribution < 1.29 is 8.42 Å². The van der Waals surface area contributed by atoms with Gasteiger partial charge in [0.2, 0.25) is 10.0 Å². The van der Waals surface area contributed by atoms with Crippen molar-refractivity contribution in [3.05, 3.63) is 28.7 Å². The van der Waals surface area contributed by atoms with E-state index in [0.29, 0.717) is 17.6 Å². The number of halogens is 2. The minimum atomic E-state index is -3.41. The van der Waals surface area contributed by atoms with Crippen LogP contribution >= 0.6 is 28.3 Å². The van der Waals surface area contributed by atoms with Crippen molar-refractivity contribution in [2.75, 3.05) is 27.2 Å². The maximum Gasteiger partial charge on any atom is 0.241 e. The standard InChI is InChI=1S/C10H15BrN2O2S.ClH/c1-13(2)8-7-12-16(14,15)10-6-4-3-5-9(10)11;/h3-6,12H,7-8H2,1-2H3;1H. The first-order valence-corrected chi connectivity index (χ1v) is 7.10. The lowest BCUT2D eigenvalue weighted by Crippen LogP contribution is -2.31.